The minimum atomic E-state index is -0.317. The van der Waals surface area contributed by atoms with Gasteiger partial charge in [-0.1, -0.05) is 18.5 Å². The van der Waals surface area contributed by atoms with E-state index in [0.29, 0.717) is 23.0 Å². The molecule has 1 saturated heterocycles. The second-order valence-corrected chi connectivity index (χ2v) is 5.41. The van der Waals surface area contributed by atoms with Crippen LogP contribution in [0.25, 0.3) is 0 Å². The number of Topliss-reactive ketones (excluding diaryl/α,β-unsaturated/α-hetero) is 1. The Morgan fingerprint density at radius 3 is 2.78 bits per heavy atom. The van der Waals surface area contributed by atoms with Crippen LogP contribution in [0.15, 0.2) is 18.2 Å². The number of anilines is 1. The molecule has 3 nitrogen and oxygen atoms in total. The highest BCUT2D eigenvalue weighted by atomic mass is 35.5. The first-order chi connectivity index (χ1) is 8.49. The summed E-state index contributed by atoms with van der Waals surface area (Å²) < 4.78 is 0. The summed E-state index contributed by atoms with van der Waals surface area (Å²) in [7, 11) is 0. The van der Waals surface area contributed by atoms with E-state index in [1.54, 1.807) is 12.1 Å². The Morgan fingerprint density at radius 1 is 1.50 bits per heavy atom. The van der Waals surface area contributed by atoms with Gasteiger partial charge in [0.25, 0.3) is 0 Å². The number of nitrogens with zero attached hydrogens (tertiary/aromatic N) is 1. The molecule has 1 aliphatic rings. The molecule has 0 aliphatic carbocycles. The van der Waals surface area contributed by atoms with Gasteiger partial charge in [-0.05, 0) is 37.5 Å². The van der Waals surface area contributed by atoms with Gasteiger partial charge < -0.3 is 10.0 Å². The number of halogens is 1. The van der Waals surface area contributed by atoms with Crippen LogP contribution in [-0.2, 0) is 0 Å². The number of aliphatic hydroxyl groups excluding tert-OH is 1. The summed E-state index contributed by atoms with van der Waals surface area (Å²) in [5.74, 6) is 0.340. The van der Waals surface area contributed by atoms with E-state index >= 15 is 0 Å². The molecule has 2 atom stereocenters. The highest BCUT2D eigenvalue weighted by molar-refractivity contribution is 6.33. The predicted octanol–water partition coefficient (Wildman–Crippen LogP) is 2.75. The Bertz CT molecular complexity index is 461. The van der Waals surface area contributed by atoms with Gasteiger partial charge in [-0.25, -0.2) is 0 Å². The highest BCUT2D eigenvalue weighted by Crippen LogP contribution is 2.30. The number of hydrogen-bond donors (Lipinski definition) is 1. The van der Waals surface area contributed by atoms with Gasteiger partial charge in [0, 0.05) is 18.7 Å². The summed E-state index contributed by atoms with van der Waals surface area (Å²) in [6.07, 6.45) is 0.633. The lowest BCUT2D eigenvalue weighted by molar-refractivity contribution is 0.101. The van der Waals surface area contributed by atoms with Crippen molar-refractivity contribution in [1.82, 2.24) is 0 Å². The van der Waals surface area contributed by atoms with Crippen molar-refractivity contribution in [3.05, 3.63) is 28.8 Å². The molecule has 0 bridgehead atoms. The fourth-order valence-corrected chi connectivity index (χ4v) is 2.55. The van der Waals surface area contributed by atoms with Crippen molar-refractivity contribution in [3.8, 4) is 0 Å². The van der Waals surface area contributed by atoms with Crippen molar-refractivity contribution in [1.29, 1.82) is 0 Å². The molecule has 1 aromatic rings. The molecule has 0 saturated carbocycles. The van der Waals surface area contributed by atoms with Crippen molar-refractivity contribution in [2.45, 2.75) is 26.4 Å². The first-order valence-electron chi connectivity index (χ1n) is 6.22. The maximum absolute atomic E-state index is 11.3. The van der Waals surface area contributed by atoms with Gasteiger partial charge >= 0.3 is 0 Å². The molecule has 98 valence electrons. The highest BCUT2D eigenvalue weighted by Gasteiger charge is 2.25. The number of ketones is 1. The molecule has 0 spiro atoms. The number of rotatable bonds is 2. The van der Waals surface area contributed by atoms with Crippen molar-refractivity contribution >= 4 is 23.1 Å². The van der Waals surface area contributed by atoms with Crippen LogP contribution in [0.2, 0.25) is 5.02 Å². The zero-order chi connectivity index (χ0) is 13.3. The van der Waals surface area contributed by atoms with Gasteiger partial charge in [0.1, 0.15) is 0 Å². The van der Waals surface area contributed by atoms with E-state index in [1.165, 1.54) is 6.92 Å². The average molecular weight is 268 g/mol. The molecule has 0 radical (unpaired) electrons. The molecule has 1 aliphatic heterocycles. The Labute approximate surface area is 112 Å². The van der Waals surface area contributed by atoms with Crippen molar-refractivity contribution < 1.29 is 9.90 Å². The monoisotopic (exact) mass is 267 g/mol. The van der Waals surface area contributed by atoms with E-state index in [4.69, 9.17) is 11.6 Å². The van der Waals surface area contributed by atoms with Crippen molar-refractivity contribution in [2.24, 2.45) is 5.92 Å². The third kappa shape index (κ3) is 2.68. The number of carbonyl (C=O) groups excluding carboxylic acids is 1. The number of piperidine rings is 1. The molecule has 1 heterocycles. The first-order valence-corrected chi connectivity index (χ1v) is 6.60. The topological polar surface area (TPSA) is 40.5 Å². The summed E-state index contributed by atoms with van der Waals surface area (Å²) in [6, 6.07) is 5.35. The molecule has 0 amide bonds. The molecule has 1 aromatic carbocycles. The standard InChI is InChI=1S/C14H18ClNO2/c1-9-5-6-16(8-14(9)18)13-4-3-11(10(2)17)7-12(13)15/h3-4,7,9,14,18H,5-6,8H2,1-2H3. The third-order valence-corrected chi connectivity index (χ3v) is 3.92. The Morgan fingerprint density at radius 2 is 2.22 bits per heavy atom. The van der Waals surface area contributed by atoms with E-state index in [-0.39, 0.29) is 11.9 Å². The third-order valence-electron chi connectivity index (χ3n) is 3.61. The van der Waals surface area contributed by atoms with Crippen molar-refractivity contribution in [3.63, 3.8) is 0 Å². The number of carbonyl (C=O) groups is 1. The van der Waals surface area contributed by atoms with Gasteiger partial charge in [0.05, 0.1) is 16.8 Å². The normalized spacial score (nSPS) is 24.1. The van der Waals surface area contributed by atoms with Gasteiger partial charge in [-0.15, -0.1) is 0 Å². The van der Waals surface area contributed by atoms with E-state index in [2.05, 4.69) is 11.8 Å². The molecule has 2 rings (SSSR count). The molecule has 1 N–H and O–H groups in total. The van der Waals surface area contributed by atoms with Crippen LogP contribution in [-0.4, -0.2) is 30.1 Å². The summed E-state index contributed by atoms with van der Waals surface area (Å²) in [5, 5.41) is 10.5. The van der Waals surface area contributed by atoms with Crippen LogP contribution >= 0.6 is 11.6 Å². The molecule has 2 unspecified atom stereocenters. The minimum Gasteiger partial charge on any atom is -0.391 e. The SMILES string of the molecule is CC(=O)c1ccc(N2CCC(C)C(O)C2)c(Cl)c1. The Balaban J connectivity index is 2.21. The lowest BCUT2D eigenvalue weighted by Gasteiger charge is -2.36. The van der Waals surface area contributed by atoms with Crippen LogP contribution in [0.5, 0.6) is 0 Å². The first kappa shape index (κ1) is 13.4. The minimum absolute atomic E-state index is 0.00995. The number of β-amino-alcohol motifs (C(OH)–C–C–N with tert-alkyl or cyclic N) is 1. The Kier molecular flexibility index (Phi) is 3.93. The fourth-order valence-electron chi connectivity index (χ4n) is 2.25. The Hall–Kier alpha value is -1.06. The maximum atomic E-state index is 11.3. The second kappa shape index (κ2) is 5.29. The molecule has 18 heavy (non-hydrogen) atoms. The summed E-state index contributed by atoms with van der Waals surface area (Å²) >= 11 is 6.22. The molecule has 4 heteroatoms. The average Bonchev–Trinajstić information content (AvgIpc) is 2.32. The van der Waals surface area contributed by atoms with Gasteiger partial charge in [0.15, 0.2) is 5.78 Å². The number of aliphatic hydroxyl groups is 1. The van der Waals surface area contributed by atoms with Crippen LogP contribution < -0.4 is 4.90 Å². The van der Waals surface area contributed by atoms with Gasteiger partial charge in [0.2, 0.25) is 0 Å². The summed E-state index contributed by atoms with van der Waals surface area (Å²) in [5.41, 5.74) is 1.52. The largest absolute Gasteiger partial charge is 0.391 e. The fraction of sp³-hybridized carbons (Fsp3) is 0.500. The lowest BCUT2D eigenvalue weighted by Crippen LogP contribution is -2.43. The van der Waals surface area contributed by atoms with Crippen LogP contribution in [0.3, 0.4) is 0 Å². The van der Waals surface area contributed by atoms with E-state index < -0.39 is 0 Å². The van der Waals surface area contributed by atoms with Crippen LogP contribution in [0.1, 0.15) is 30.6 Å². The zero-order valence-electron chi connectivity index (χ0n) is 10.7. The van der Waals surface area contributed by atoms with Gasteiger partial charge in [-0.3, -0.25) is 4.79 Å². The molecule has 1 fully saturated rings. The lowest BCUT2D eigenvalue weighted by atomic mass is 9.95. The summed E-state index contributed by atoms with van der Waals surface area (Å²) in [6.45, 7) is 5.07. The molecule has 0 aromatic heterocycles. The van der Waals surface area contributed by atoms with E-state index in [9.17, 15) is 9.90 Å². The second-order valence-electron chi connectivity index (χ2n) is 5.00. The zero-order valence-corrected chi connectivity index (χ0v) is 11.4. The van der Waals surface area contributed by atoms with Crippen LogP contribution in [0, 0.1) is 5.92 Å². The maximum Gasteiger partial charge on any atom is 0.159 e. The number of benzene rings is 1. The van der Waals surface area contributed by atoms with E-state index in [1.807, 2.05) is 6.07 Å². The predicted molar refractivity (Wildman–Crippen MR) is 73.5 cm³/mol. The smallest absolute Gasteiger partial charge is 0.159 e. The molecular formula is C14H18ClNO2. The molecular weight excluding hydrogens is 250 g/mol. The summed E-state index contributed by atoms with van der Waals surface area (Å²) in [4.78, 5) is 13.3. The van der Waals surface area contributed by atoms with E-state index in [0.717, 1.165) is 18.7 Å². The quantitative estimate of drug-likeness (QED) is 0.838. The van der Waals surface area contributed by atoms with Crippen molar-refractivity contribution in [2.75, 3.05) is 18.0 Å². The van der Waals surface area contributed by atoms with Gasteiger partial charge in [-0.2, -0.15) is 0 Å². The number of hydrogen-bond acceptors (Lipinski definition) is 3. The van der Waals surface area contributed by atoms with Crippen LogP contribution in [0.4, 0.5) is 5.69 Å².